The van der Waals surface area contributed by atoms with Crippen LogP contribution in [-0.4, -0.2) is 40.0 Å². The van der Waals surface area contributed by atoms with Crippen molar-refractivity contribution in [3.63, 3.8) is 0 Å². The van der Waals surface area contributed by atoms with Crippen LogP contribution < -0.4 is 10.6 Å². The van der Waals surface area contributed by atoms with Crippen molar-refractivity contribution in [1.29, 1.82) is 0 Å². The van der Waals surface area contributed by atoms with Gasteiger partial charge in [-0.3, -0.25) is 4.98 Å². The summed E-state index contributed by atoms with van der Waals surface area (Å²) in [5, 5.41) is 25.2. The van der Waals surface area contributed by atoms with Crippen LogP contribution in [-0.2, 0) is 18.4 Å². The molecule has 1 aromatic carbocycles. The van der Waals surface area contributed by atoms with Crippen LogP contribution in [0.4, 0.5) is 4.79 Å². The maximum Gasteiger partial charge on any atom is 0.404 e. The molecule has 0 aliphatic carbocycles. The molecule has 2 rings (SSSR count). The van der Waals surface area contributed by atoms with E-state index in [0.29, 0.717) is 13.0 Å². The Kier molecular flexibility index (Phi) is 7.33. The van der Waals surface area contributed by atoms with Gasteiger partial charge in [0.15, 0.2) is 0 Å². The topological polar surface area (TPSA) is 94.5 Å². The molecule has 146 valence electrons. The summed E-state index contributed by atoms with van der Waals surface area (Å²) in [6.07, 6.45) is 2.10. The van der Waals surface area contributed by atoms with E-state index in [1.54, 1.807) is 6.20 Å². The molecule has 0 unspecified atom stereocenters. The molecule has 0 spiro atoms. The number of hydrogen-bond acceptors (Lipinski definition) is 4. The zero-order chi connectivity index (χ0) is 19.9. The highest BCUT2D eigenvalue weighted by Crippen LogP contribution is 2.21. The maximum atomic E-state index is 11.1. The number of aromatic nitrogens is 1. The first-order valence-corrected chi connectivity index (χ1v) is 9.12. The van der Waals surface area contributed by atoms with E-state index in [9.17, 15) is 9.90 Å². The van der Waals surface area contributed by atoms with Crippen molar-refractivity contribution >= 4 is 6.09 Å². The third kappa shape index (κ3) is 7.00. The number of aliphatic hydroxyl groups excluding tert-OH is 1. The minimum absolute atomic E-state index is 0.0225. The minimum atomic E-state index is -1.14. The Labute approximate surface area is 160 Å². The molecule has 0 saturated heterocycles. The number of hydrogen-bond donors (Lipinski definition) is 4. The second-order valence-electron chi connectivity index (χ2n) is 7.78. The van der Waals surface area contributed by atoms with Crippen LogP contribution >= 0.6 is 0 Å². The summed E-state index contributed by atoms with van der Waals surface area (Å²) in [7, 11) is 0. The van der Waals surface area contributed by atoms with Crippen molar-refractivity contribution < 1.29 is 15.0 Å². The van der Waals surface area contributed by atoms with Gasteiger partial charge in [0.2, 0.25) is 0 Å². The highest BCUT2D eigenvalue weighted by molar-refractivity contribution is 5.65. The molecule has 2 atom stereocenters. The molecule has 1 heterocycles. The number of rotatable bonds is 8. The van der Waals surface area contributed by atoms with Gasteiger partial charge in [0.1, 0.15) is 0 Å². The number of pyridine rings is 1. The lowest BCUT2D eigenvalue weighted by molar-refractivity contribution is 0.117. The Morgan fingerprint density at radius 3 is 2.48 bits per heavy atom. The predicted octanol–water partition coefficient (Wildman–Crippen LogP) is 2.71. The summed E-state index contributed by atoms with van der Waals surface area (Å²) in [6, 6.07) is 11.0. The Hall–Kier alpha value is -2.44. The van der Waals surface area contributed by atoms with E-state index >= 15 is 0 Å². The summed E-state index contributed by atoms with van der Waals surface area (Å²) in [6.45, 7) is 7.24. The van der Waals surface area contributed by atoms with Crippen LogP contribution in [0.5, 0.6) is 0 Å². The molecule has 0 aliphatic rings. The van der Waals surface area contributed by atoms with Gasteiger partial charge in [0.05, 0.1) is 12.1 Å². The molecule has 1 amide bonds. The monoisotopic (exact) mass is 371 g/mol. The lowest BCUT2D eigenvalue weighted by Crippen LogP contribution is -2.48. The van der Waals surface area contributed by atoms with Gasteiger partial charge >= 0.3 is 6.09 Å². The van der Waals surface area contributed by atoms with Crippen LogP contribution in [0.15, 0.2) is 48.8 Å². The molecule has 6 heteroatoms. The van der Waals surface area contributed by atoms with Gasteiger partial charge in [-0.25, -0.2) is 4.79 Å². The van der Waals surface area contributed by atoms with Crippen LogP contribution in [0.3, 0.4) is 0 Å². The average molecular weight is 371 g/mol. The number of benzene rings is 1. The Morgan fingerprint density at radius 1 is 1.15 bits per heavy atom. The number of nitrogens with zero attached hydrogens (tertiary/aromatic N) is 1. The normalized spacial score (nSPS) is 13.8. The predicted molar refractivity (Wildman–Crippen MR) is 106 cm³/mol. The first-order valence-electron chi connectivity index (χ1n) is 9.12. The number of carbonyl (C=O) groups is 1. The Bertz CT molecular complexity index is 729. The van der Waals surface area contributed by atoms with Crippen molar-refractivity contribution in [2.75, 3.05) is 6.54 Å². The fourth-order valence-electron chi connectivity index (χ4n) is 2.81. The van der Waals surface area contributed by atoms with Gasteiger partial charge in [-0.1, -0.05) is 57.2 Å². The number of aliphatic hydroxyl groups is 1. The van der Waals surface area contributed by atoms with Crippen molar-refractivity contribution in [2.24, 2.45) is 0 Å². The quantitative estimate of drug-likeness (QED) is 0.572. The van der Waals surface area contributed by atoms with Crippen molar-refractivity contribution in [1.82, 2.24) is 15.6 Å². The van der Waals surface area contributed by atoms with Gasteiger partial charge in [0, 0.05) is 25.5 Å². The van der Waals surface area contributed by atoms with Gasteiger partial charge < -0.3 is 20.8 Å². The van der Waals surface area contributed by atoms with Crippen LogP contribution in [0.2, 0.25) is 0 Å². The summed E-state index contributed by atoms with van der Waals surface area (Å²) >= 11 is 0. The summed E-state index contributed by atoms with van der Waals surface area (Å²) < 4.78 is 0. The summed E-state index contributed by atoms with van der Waals surface area (Å²) in [5.41, 5.74) is 3.17. The SMILES string of the molecule is CC(C)(C)c1cncc(CNC[C@H](O)[C@H](Cc2ccccc2)NC(=O)O)c1. The van der Waals surface area contributed by atoms with Crippen LogP contribution in [0.25, 0.3) is 0 Å². The van der Waals surface area contributed by atoms with E-state index < -0.39 is 18.2 Å². The van der Waals surface area contributed by atoms with Crippen LogP contribution in [0.1, 0.15) is 37.5 Å². The number of amides is 1. The van der Waals surface area contributed by atoms with Gasteiger partial charge in [-0.2, -0.15) is 0 Å². The molecule has 0 aliphatic heterocycles. The van der Waals surface area contributed by atoms with E-state index in [4.69, 9.17) is 5.11 Å². The lowest BCUT2D eigenvalue weighted by Gasteiger charge is -2.24. The molecule has 6 nitrogen and oxygen atoms in total. The molecule has 2 aromatic rings. The first kappa shape index (κ1) is 20.9. The molecule has 27 heavy (non-hydrogen) atoms. The smallest absolute Gasteiger partial charge is 0.404 e. The fourth-order valence-corrected chi connectivity index (χ4v) is 2.81. The van der Waals surface area contributed by atoms with Gasteiger partial charge in [0.25, 0.3) is 0 Å². The Morgan fingerprint density at radius 2 is 1.85 bits per heavy atom. The molecule has 0 bridgehead atoms. The Balaban J connectivity index is 1.93. The van der Waals surface area contributed by atoms with E-state index in [0.717, 1.165) is 16.7 Å². The van der Waals surface area contributed by atoms with Crippen molar-refractivity contribution in [3.05, 3.63) is 65.5 Å². The first-order chi connectivity index (χ1) is 12.8. The third-order valence-electron chi connectivity index (χ3n) is 4.42. The molecule has 0 radical (unpaired) electrons. The molecule has 4 N–H and O–H groups in total. The second kappa shape index (κ2) is 9.48. The zero-order valence-corrected chi connectivity index (χ0v) is 16.1. The molecular formula is C21H29N3O3. The molecule has 0 fully saturated rings. The van der Waals surface area contributed by atoms with Crippen molar-refractivity contribution in [3.8, 4) is 0 Å². The van der Waals surface area contributed by atoms with Gasteiger partial charge in [-0.05, 0) is 28.5 Å². The molecule has 1 aromatic heterocycles. The zero-order valence-electron chi connectivity index (χ0n) is 16.1. The maximum absolute atomic E-state index is 11.1. The van der Waals surface area contributed by atoms with E-state index in [2.05, 4.69) is 42.5 Å². The minimum Gasteiger partial charge on any atom is -0.465 e. The lowest BCUT2D eigenvalue weighted by atomic mass is 9.88. The van der Waals surface area contributed by atoms with Gasteiger partial charge in [-0.15, -0.1) is 0 Å². The number of nitrogens with one attached hydrogen (secondary N) is 2. The summed E-state index contributed by atoms with van der Waals surface area (Å²) in [4.78, 5) is 15.4. The van der Waals surface area contributed by atoms with Crippen molar-refractivity contribution in [2.45, 2.75) is 51.3 Å². The largest absolute Gasteiger partial charge is 0.465 e. The second-order valence-corrected chi connectivity index (χ2v) is 7.78. The third-order valence-corrected chi connectivity index (χ3v) is 4.42. The number of carboxylic acid groups (broad SMARTS) is 1. The summed E-state index contributed by atoms with van der Waals surface area (Å²) in [5.74, 6) is 0. The van der Waals surface area contributed by atoms with Crippen LogP contribution in [0, 0.1) is 0 Å². The fraction of sp³-hybridized carbons (Fsp3) is 0.429. The molecule has 0 saturated carbocycles. The van der Waals surface area contributed by atoms with E-state index in [1.807, 2.05) is 36.5 Å². The van der Waals surface area contributed by atoms with E-state index in [-0.39, 0.29) is 12.0 Å². The van der Waals surface area contributed by atoms with E-state index in [1.165, 1.54) is 0 Å². The highest BCUT2D eigenvalue weighted by atomic mass is 16.4. The average Bonchev–Trinajstić information content (AvgIpc) is 2.61. The highest BCUT2D eigenvalue weighted by Gasteiger charge is 2.21. The standard InChI is InChI=1S/C21H29N3O3/c1-21(2,3)17-9-16(11-22-13-17)12-23-14-19(25)18(24-20(26)27)10-15-7-5-4-6-8-15/h4-9,11,13,18-19,23-25H,10,12,14H2,1-3H3,(H,26,27)/t18-,19-/m0/s1. The molecular weight excluding hydrogens is 342 g/mol.